The number of aryl methyl sites for hydroxylation is 2. The summed E-state index contributed by atoms with van der Waals surface area (Å²) in [5, 5.41) is 12.6. The Kier molecular flexibility index (Phi) is 4.20. The highest BCUT2D eigenvalue weighted by Gasteiger charge is 2.13. The van der Waals surface area contributed by atoms with Crippen molar-refractivity contribution in [1.82, 2.24) is 30.0 Å². The van der Waals surface area contributed by atoms with Crippen molar-refractivity contribution in [2.24, 2.45) is 0 Å². The van der Waals surface area contributed by atoms with Gasteiger partial charge in [0, 0.05) is 12.7 Å². The molecule has 3 rings (SSSR count). The van der Waals surface area contributed by atoms with Crippen LogP contribution < -0.4 is 11.1 Å². The minimum absolute atomic E-state index is 0.225. The second kappa shape index (κ2) is 6.29. The largest absolute Gasteiger partial charge is 0.369 e. The van der Waals surface area contributed by atoms with Crippen molar-refractivity contribution >= 4 is 34.4 Å². The highest BCUT2D eigenvalue weighted by molar-refractivity contribution is 7.11. The molecular formula is C14H17N7OS. The lowest BCUT2D eigenvalue weighted by atomic mass is 10.2. The van der Waals surface area contributed by atoms with E-state index in [-0.39, 0.29) is 5.91 Å². The molecule has 0 saturated heterocycles. The molecule has 0 saturated carbocycles. The molecule has 0 spiro atoms. The molecule has 23 heavy (non-hydrogen) atoms. The van der Waals surface area contributed by atoms with Crippen LogP contribution in [-0.4, -0.2) is 30.6 Å². The number of aromatic nitrogens is 5. The fourth-order valence-corrected chi connectivity index (χ4v) is 2.95. The van der Waals surface area contributed by atoms with Gasteiger partial charge < -0.3 is 11.1 Å². The molecule has 0 aliphatic heterocycles. The number of amides is 1. The minimum Gasteiger partial charge on any atom is -0.369 e. The summed E-state index contributed by atoms with van der Waals surface area (Å²) in [6, 6.07) is 1.69. The molecular weight excluding hydrogens is 314 g/mol. The number of anilines is 1. The van der Waals surface area contributed by atoms with Gasteiger partial charge in [0.15, 0.2) is 5.65 Å². The van der Waals surface area contributed by atoms with Crippen LogP contribution in [-0.2, 0) is 19.5 Å². The number of carbonyl (C=O) groups is 1. The third-order valence-electron chi connectivity index (χ3n) is 3.40. The summed E-state index contributed by atoms with van der Waals surface area (Å²) in [7, 11) is 0. The first-order chi connectivity index (χ1) is 11.1. The van der Waals surface area contributed by atoms with Crippen LogP contribution in [0.3, 0.4) is 0 Å². The number of hydrogen-bond donors (Lipinski definition) is 2. The summed E-state index contributed by atoms with van der Waals surface area (Å²) in [5.41, 5.74) is 7.57. The molecule has 9 heteroatoms. The Hall–Kier alpha value is -2.55. The van der Waals surface area contributed by atoms with Gasteiger partial charge in [0.05, 0.1) is 12.1 Å². The van der Waals surface area contributed by atoms with E-state index in [1.165, 1.54) is 17.5 Å². The summed E-state index contributed by atoms with van der Waals surface area (Å²) >= 11 is 1.50. The zero-order valence-electron chi connectivity index (χ0n) is 12.9. The third kappa shape index (κ3) is 3.00. The molecule has 3 aromatic heterocycles. The van der Waals surface area contributed by atoms with Crippen LogP contribution in [0, 0.1) is 0 Å². The van der Waals surface area contributed by atoms with E-state index in [1.807, 2.05) is 13.8 Å². The van der Waals surface area contributed by atoms with E-state index in [0.29, 0.717) is 35.8 Å². The topological polar surface area (TPSA) is 112 Å². The van der Waals surface area contributed by atoms with E-state index in [2.05, 4.69) is 25.5 Å². The van der Waals surface area contributed by atoms with Gasteiger partial charge in [-0.15, -0.1) is 10.2 Å². The van der Waals surface area contributed by atoms with E-state index in [0.717, 1.165) is 16.4 Å². The Morgan fingerprint density at radius 1 is 1.35 bits per heavy atom. The zero-order chi connectivity index (χ0) is 16.4. The third-order valence-corrected chi connectivity index (χ3v) is 4.47. The number of imidazole rings is 1. The van der Waals surface area contributed by atoms with Crippen LogP contribution in [0.25, 0.3) is 11.2 Å². The normalized spacial score (nSPS) is 11.0. The number of hydrogen-bond acceptors (Lipinski definition) is 7. The van der Waals surface area contributed by atoms with Crippen LogP contribution in [0.5, 0.6) is 0 Å². The molecule has 0 aliphatic carbocycles. The van der Waals surface area contributed by atoms with E-state index < -0.39 is 0 Å². The van der Waals surface area contributed by atoms with Gasteiger partial charge in [-0.25, -0.2) is 9.97 Å². The van der Waals surface area contributed by atoms with Gasteiger partial charge in [0.25, 0.3) is 5.91 Å². The van der Waals surface area contributed by atoms with Crippen molar-refractivity contribution in [2.45, 2.75) is 33.4 Å². The van der Waals surface area contributed by atoms with Gasteiger partial charge in [-0.1, -0.05) is 18.3 Å². The van der Waals surface area contributed by atoms with Crippen molar-refractivity contribution < 1.29 is 4.79 Å². The van der Waals surface area contributed by atoms with Crippen molar-refractivity contribution in [3.8, 4) is 0 Å². The number of carbonyl (C=O) groups excluding carboxylic acids is 1. The molecule has 8 nitrogen and oxygen atoms in total. The summed E-state index contributed by atoms with van der Waals surface area (Å²) < 4.78 is 1.80. The quantitative estimate of drug-likeness (QED) is 0.730. The number of rotatable bonds is 5. The van der Waals surface area contributed by atoms with Gasteiger partial charge in [-0.3, -0.25) is 9.36 Å². The molecule has 1 amide bonds. The number of nitrogens with one attached hydrogen (secondary N) is 1. The van der Waals surface area contributed by atoms with E-state index >= 15 is 0 Å². The first-order valence-corrected chi connectivity index (χ1v) is 8.15. The molecule has 0 atom stereocenters. The molecule has 0 radical (unpaired) electrons. The highest BCUT2D eigenvalue weighted by Crippen LogP contribution is 2.17. The molecule has 3 aromatic rings. The fraction of sp³-hybridized carbons (Fsp3) is 0.357. The van der Waals surface area contributed by atoms with Crippen LogP contribution in [0.2, 0.25) is 0 Å². The summed E-state index contributed by atoms with van der Waals surface area (Å²) in [5.74, 6) is 0.172. The Labute approximate surface area is 136 Å². The second-order valence-electron chi connectivity index (χ2n) is 4.91. The average Bonchev–Trinajstić information content (AvgIpc) is 3.14. The maximum absolute atomic E-state index is 12.2. The number of nitrogens with zero attached hydrogens (tertiary/aromatic N) is 5. The van der Waals surface area contributed by atoms with Gasteiger partial charge in [-0.2, -0.15) is 0 Å². The number of fused-ring (bicyclic) bond motifs is 1. The molecule has 3 heterocycles. The Balaban J connectivity index is 1.75. The van der Waals surface area contributed by atoms with Gasteiger partial charge in [0.1, 0.15) is 15.5 Å². The average molecular weight is 331 g/mol. The lowest BCUT2D eigenvalue weighted by Crippen LogP contribution is -2.22. The summed E-state index contributed by atoms with van der Waals surface area (Å²) in [6.45, 7) is 5.01. The number of nitrogen functional groups attached to an aromatic ring is 1. The molecule has 0 aliphatic rings. The molecule has 0 aromatic carbocycles. The molecule has 0 bridgehead atoms. The predicted molar refractivity (Wildman–Crippen MR) is 88.1 cm³/mol. The molecule has 3 N–H and O–H groups in total. The lowest BCUT2D eigenvalue weighted by Gasteiger charge is -2.03. The van der Waals surface area contributed by atoms with Gasteiger partial charge in [0.2, 0.25) is 5.95 Å². The molecule has 0 unspecified atom stereocenters. The lowest BCUT2D eigenvalue weighted by molar-refractivity contribution is 0.0950. The maximum atomic E-state index is 12.2. The van der Waals surface area contributed by atoms with Gasteiger partial charge >= 0.3 is 0 Å². The Bertz CT molecular complexity index is 854. The van der Waals surface area contributed by atoms with E-state index in [1.54, 1.807) is 10.6 Å². The van der Waals surface area contributed by atoms with Crippen molar-refractivity contribution in [3.63, 3.8) is 0 Å². The van der Waals surface area contributed by atoms with Crippen LogP contribution >= 0.6 is 11.3 Å². The van der Waals surface area contributed by atoms with Crippen molar-refractivity contribution in [3.05, 3.63) is 27.8 Å². The van der Waals surface area contributed by atoms with E-state index in [4.69, 9.17) is 5.73 Å². The maximum Gasteiger partial charge on any atom is 0.253 e. The fourth-order valence-electron chi connectivity index (χ4n) is 2.23. The first-order valence-electron chi connectivity index (χ1n) is 7.33. The minimum atomic E-state index is -0.225. The smallest absolute Gasteiger partial charge is 0.253 e. The number of nitrogens with two attached hydrogens (primary N) is 1. The predicted octanol–water partition coefficient (Wildman–Crippen LogP) is 1.38. The van der Waals surface area contributed by atoms with Crippen molar-refractivity contribution in [1.29, 1.82) is 0 Å². The standard InChI is InChI=1S/C14H17N7OS/c1-3-10-19-20-11(23-10)7-17-13(22)8-5-9-12(16-6-8)21(4-2)14(15)18-9/h5-6H,3-4,7H2,1-2H3,(H2,15,18)(H,17,22). The molecule has 0 fully saturated rings. The summed E-state index contributed by atoms with van der Waals surface area (Å²) in [4.78, 5) is 20.8. The van der Waals surface area contributed by atoms with Crippen LogP contribution in [0.4, 0.5) is 5.95 Å². The van der Waals surface area contributed by atoms with Crippen LogP contribution in [0.15, 0.2) is 12.3 Å². The second-order valence-corrected chi connectivity index (χ2v) is 6.05. The van der Waals surface area contributed by atoms with E-state index in [9.17, 15) is 4.79 Å². The Morgan fingerprint density at radius 3 is 2.83 bits per heavy atom. The molecule has 120 valence electrons. The SMILES string of the molecule is CCc1nnc(CNC(=O)c2cnc3c(c2)nc(N)n3CC)s1. The van der Waals surface area contributed by atoms with Crippen LogP contribution in [0.1, 0.15) is 34.2 Å². The van der Waals surface area contributed by atoms with Crippen molar-refractivity contribution in [2.75, 3.05) is 5.73 Å². The summed E-state index contributed by atoms with van der Waals surface area (Å²) in [6.07, 6.45) is 2.37. The zero-order valence-corrected chi connectivity index (χ0v) is 13.7. The first kappa shape index (κ1) is 15.3. The number of pyridine rings is 1. The Morgan fingerprint density at radius 2 is 2.13 bits per heavy atom. The highest BCUT2D eigenvalue weighted by atomic mass is 32.1. The monoisotopic (exact) mass is 331 g/mol. The van der Waals surface area contributed by atoms with Gasteiger partial charge in [-0.05, 0) is 19.4 Å².